The Morgan fingerprint density at radius 2 is 1.67 bits per heavy atom. The summed E-state index contributed by atoms with van der Waals surface area (Å²) in [5.41, 5.74) is 0.109. The lowest BCUT2D eigenvalue weighted by Gasteiger charge is -2.31. The Bertz CT molecular complexity index is 1020. The number of sulfone groups is 1. The van der Waals surface area contributed by atoms with E-state index in [0.717, 1.165) is 5.56 Å². The van der Waals surface area contributed by atoms with Gasteiger partial charge < -0.3 is 9.47 Å². The molecular weight excluding hydrogens is 447 g/mol. The van der Waals surface area contributed by atoms with E-state index < -0.39 is 38.7 Å². The Balaban J connectivity index is 1.89. The summed E-state index contributed by atoms with van der Waals surface area (Å²) < 4.78 is 37.7. The normalized spacial score (nSPS) is 22.1. The topological polar surface area (TPSA) is 69.7 Å². The van der Waals surface area contributed by atoms with E-state index in [1.165, 1.54) is 13.2 Å². The van der Waals surface area contributed by atoms with E-state index >= 15 is 0 Å². The maximum absolute atomic E-state index is 13.2. The fraction of sp³-hybridized carbons (Fsp3) is 0.409. The molecule has 1 fully saturated rings. The number of hydrogen-bond acceptors (Lipinski definition) is 5. The minimum Gasteiger partial charge on any atom is -0.469 e. The molecule has 0 radical (unpaired) electrons. The van der Waals surface area contributed by atoms with Crippen LogP contribution in [0.2, 0.25) is 10.0 Å². The predicted octanol–water partition coefficient (Wildman–Crippen LogP) is 5.04. The lowest BCUT2D eigenvalue weighted by Crippen LogP contribution is -2.34. The van der Waals surface area contributed by atoms with Crippen LogP contribution < -0.4 is 0 Å². The highest BCUT2D eigenvalue weighted by molar-refractivity contribution is 7.92. The van der Waals surface area contributed by atoms with E-state index in [-0.39, 0.29) is 22.8 Å². The first-order valence-electron chi connectivity index (χ1n) is 9.56. The van der Waals surface area contributed by atoms with Crippen LogP contribution in [-0.2, 0) is 29.7 Å². The molecule has 2 aromatic carbocycles. The van der Waals surface area contributed by atoms with Crippen molar-refractivity contribution in [3.8, 4) is 0 Å². The van der Waals surface area contributed by atoms with Crippen molar-refractivity contribution in [2.45, 2.75) is 48.5 Å². The lowest BCUT2D eigenvalue weighted by molar-refractivity contribution is -0.156. The average molecular weight is 471 g/mol. The van der Waals surface area contributed by atoms with Crippen LogP contribution in [0.4, 0.5) is 0 Å². The van der Waals surface area contributed by atoms with E-state index in [9.17, 15) is 13.2 Å². The van der Waals surface area contributed by atoms with Crippen LogP contribution in [0.5, 0.6) is 0 Å². The number of ether oxygens (including phenoxy) is 2. The highest BCUT2D eigenvalue weighted by Gasteiger charge is 2.48. The Morgan fingerprint density at radius 3 is 2.27 bits per heavy atom. The van der Waals surface area contributed by atoms with Crippen molar-refractivity contribution in [2.75, 3.05) is 7.11 Å². The summed E-state index contributed by atoms with van der Waals surface area (Å²) >= 11 is 12.1. The van der Waals surface area contributed by atoms with Gasteiger partial charge in [-0.2, -0.15) is 0 Å². The average Bonchev–Trinajstić information content (AvgIpc) is 3.12. The van der Waals surface area contributed by atoms with Gasteiger partial charge in [0.05, 0.1) is 39.9 Å². The number of benzene rings is 2. The fourth-order valence-electron chi connectivity index (χ4n) is 3.89. The fourth-order valence-corrected chi connectivity index (χ4v) is 6.35. The van der Waals surface area contributed by atoms with Gasteiger partial charge in [0.15, 0.2) is 9.84 Å². The van der Waals surface area contributed by atoms with E-state index in [1.54, 1.807) is 30.3 Å². The molecule has 1 aliphatic carbocycles. The third-order valence-electron chi connectivity index (χ3n) is 5.53. The quantitative estimate of drug-likeness (QED) is 0.553. The van der Waals surface area contributed by atoms with Gasteiger partial charge in [-0.1, -0.05) is 47.5 Å². The van der Waals surface area contributed by atoms with E-state index in [2.05, 4.69) is 0 Å². The van der Waals surface area contributed by atoms with Crippen molar-refractivity contribution < 1.29 is 22.7 Å². The molecule has 0 aliphatic heterocycles. The van der Waals surface area contributed by atoms with Gasteiger partial charge in [-0.3, -0.25) is 4.79 Å². The Labute approximate surface area is 187 Å². The van der Waals surface area contributed by atoms with E-state index in [4.69, 9.17) is 32.7 Å². The molecule has 8 heteroatoms. The van der Waals surface area contributed by atoms with Crippen molar-refractivity contribution in [3.05, 3.63) is 64.1 Å². The van der Waals surface area contributed by atoms with Crippen LogP contribution in [-0.4, -0.2) is 32.9 Å². The smallest absolute Gasteiger partial charge is 0.311 e. The number of hydrogen-bond donors (Lipinski definition) is 0. The van der Waals surface area contributed by atoms with Crippen LogP contribution in [0.25, 0.3) is 0 Å². The summed E-state index contributed by atoms with van der Waals surface area (Å²) in [6.07, 6.45) is -0.336. The summed E-state index contributed by atoms with van der Waals surface area (Å²) in [4.78, 5) is 12.5. The summed E-state index contributed by atoms with van der Waals surface area (Å²) in [5.74, 6) is -1.17. The molecule has 0 N–H and O–H groups in total. The number of esters is 1. The number of methoxy groups -OCH3 is 1. The van der Waals surface area contributed by atoms with Crippen molar-refractivity contribution in [1.82, 2.24) is 0 Å². The largest absolute Gasteiger partial charge is 0.469 e. The maximum Gasteiger partial charge on any atom is 0.311 e. The number of rotatable bonds is 6. The van der Waals surface area contributed by atoms with E-state index in [0.29, 0.717) is 5.02 Å². The number of carbonyl (C=O) groups excluding carboxylic acids is 1. The van der Waals surface area contributed by atoms with E-state index in [1.807, 2.05) is 26.0 Å². The number of carbonyl (C=O) groups is 1. The molecule has 1 aliphatic rings. The maximum atomic E-state index is 13.2. The second kappa shape index (κ2) is 8.87. The molecule has 1 saturated carbocycles. The van der Waals surface area contributed by atoms with Gasteiger partial charge in [-0.15, -0.1) is 0 Å². The third kappa shape index (κ3) is 4.67. The monoisotopic (exact) mass is 470 g/mol. The molecule has 5 nitrogen and oxygen atoms in total. The molecule has 30 heavy (non-hydrogen) atoms. The zero-order valence-electron chi connectivity index (χ0n) is 17.0. The SMILES string of the molecule is COC(=O)[C@H]1C[C@H](S(=O)(=O)c2ccccc2Cl)C[C@@H]1OC(C)(C)c1ccc(Cl)cc1. The highest BCUT2D eigenvalue weighted by atomic mass is 35.5. The van der Waals surface area contributed by atoms with Gasteiger partial charge in [0.25, 0.3) is 0 Å². The van der Waals surface area contributed by atoms with Gasteiger partial charge in [-0.05, 0) is 56.5 Å². The molecule has 0 heterocycles. The molecule has 2 aromatic rings. The molecular formula is C22H24Cl2O5S. The molecule has 0 spiro atoms. The second-order valence-electron chi connectivity index (χ2n) is 7.87. The van der Waals surface area contributed by atoms with Gasteiger partial charge in [0.1, 0.15) is 0 Å². The number of halogens is 2. The third-order valence-corrected chi connectivity index (χ3v) is 8.46. The minimum atomic E-state index is -3.74. The van der Waals surface area contributed by atoms with Crippen LogP contribution in [0, 0.1) is 5.92 Å². The molecule has 0 saturated heterocycles. The molecule has 0 bridgehead atoms. The summed E-state index contributed by atoms with van der Waals surface area (Å²) in [6.45, 7) is 3.75. The first kappa shape index (κ1) is 23.1. The predicted molar refractivity (Wildman–Crippen MR) is 117 cm³/mol. The molecule has 162 valence electrons. The summed E-state index contributed by atoms with van der Waals surface area (Å²) in [7, 11) is -2.45. The summed E-state index contributed by atoms with van der Waals surface area (Å²) in [6, 6.07) is 13.6. The van der Waals surface area contributed by atoms with Crippen LogP contribution in [0.15, 0.2) is 53.4 Å². The van der Waals surface area contributed by atoms with Gasteiger partial charge in [0.2, 0.25) is 0 Å². The van der Waals surface area contributed by atoms with Crippen molar-refractivity contribution >= 4 is 39.0 Å². The Morgan fingerprint density at radius 1 is 1.03 bits per heavy atom. The molecule has 0 aromatic heterocycles. The second-order valence-corrected chi connectivity index (χ2v) is 10.9. The standard InChI is InChI=1S/C22H24Cl2O5S/c1-22(2,14-8-10-15(23)11-9-14)29-19-13-16(12-17(19)21(25)28-3)30(26,27)20-7-5-4-6-18(20)24/h4-11,16-17,19H,12-13H2,1-3H3/t16-,17-,19-/m0/s1. The molecule has 3 rings (SSSR count). The summed E-state index contributed by atoms with van der Waals surface area (Å²) in [5, 5.41) is -0.0285. The van der Waals surface area contributed by atoms with Gasteiger partial charge >= 0.3 is 5.97 Å². The highest BCUT2D eigenvalue weighted by Crippen LogP contribution is 2.41. The molecule has 0 amide bonds. The first-order chi connectivity index (χ1) is 14.1. The van der Waals surface area contributed by atoms with Crippen molar-refractivity contribution in [2.24, 2.45) is 5.92 Å². The van der Waals surface area contributed by atoms with Crippen LogP contribution >= 0.6 is 23.2 Å². The Hall–Kier alpha value is -1.60. The van der Waals surface area contributed by atoms with Crippen LogP contribution in [0.3, 0.4) is 0 Å². The van der Waals surface area contributed by atoms with Crippen molar-refractivity contribution in [3.63, 3.8) is 0 Å². The van der Waals surface area contributed by atoms with Gasteiger partial charge in [0, 0.05) is 5.02 Å². The van der Waals surface area contributed by atoms with Gasteiger partial charge in [-0.25, -0.2) is 8.42 Å². The lowest BCUT2D eigenvalue weighted by atomic mass is 9.96. The molecule has 0 unspecified atom stereocenters. The molecule has 3 atom stereocenters. The first-order valence-corrected chi connectivity index (χ1v) is 11.9. The van der Waals surface area contributed by atoms with Crippen molar-refractivity contribution in [1.29, 1.82) is 0 Å². The zero-order valence-corrected chi connectivity index (χ0v) is 19.3. The van der Waals surface area contributed by atoms with Crippen LogP contribution in [0.1, 0.15) is 32.3 Å². The zero-order chi connectivity index (χ0) is 22.1. The Kier molecular flexibility index (Phi) is 6.82. The minimum absolute atomic E-state index is 0.0675.